The van der Waals surface area contributed by atoms with Crippen LogP contribution in [0.3, 0.4) is 0 Å². The molecule has 8 heteroatoms. The summed E-state index contributed by atoms with van der Waals surface area (Å²) in [6, 6.07) is 1.42. The van der Waals surface area contributed by atoms with E-state index in [0.29, 0.717) is 4.34 Å². The topological polar surface area (TPSA) is 75.6 Å². The van der Waals surface area contributed by atoms with Gasteiger partial charge in [-0.2, -0.15) is 0 Å². The lowest BCUT2D eigenvalue weighted by Crippen LogP contribution is -2.37. The first-order chi connectivity index (χ1) is 7.95. The molecule has 1 atom stereocenters. The normalized spacial score (nSPS) is 12.2. The molecule has 94 valence electrons. The molecule has 0 radical (unpaired) electrons. The van der Waals surface area contributed by atoms with Crippen molar-refractivity contribution in [2.45, 2.75) is 6.10 Å². The van der Waals surface area contributed by atoms with Crippen LogP contribution < -0.4 is 5.32 Å². The van der Waals surface area contributed by atoms with Crippen LogP contribution in [0.15, 0.2) is 6.07 Å². The van der Waals surface area contributed by atoms with Gasteiger partial charge >= 0.3 is 5.97 Å². The van der Waals surface area contributed by atoms with Crippen molar-refractivity contribution in [3.63, 3.8) is 0 Å². The first kappa shape index (κ1) is 14.2. The molecule has 0 aliphatic heterocycles. The number of carbonyl (C=O) groups excluding carboxylic acids is 1. The number of methoxy groups -OCH3 is 1. The molecule has 1 aromatic heterocycles. The van der Waals surface area contributed by atoms with Gasteiger partial charge in [-0.1, -0.05) is 23.2 Å². The van der Waals surface area contributed by atoms with Crippen molar-refractivity contribution in [2.24, 2.45) is 0 Å². The number of aliphatic carboxylic acids is 1. The van der Waals surface area contributed by atoms with Crippen molar-refractivity contribution in [1.82, 2.24) is 5.32 Å². The van der Waals surface area contributed by atoms with E-state index in [-0.39, 0.29) is 16.4 Å². The highest BCUT2D eigenvalue weighted by Gasteiger charge is 2.19. The lowest BCUT2D eigenvalue weighted by atomic mass is 10.3. The van der Waals surface area contributed by atoms with E-state index in [9.17, 15) is 9.59 Å². The monoisotopic (exact) mass is 297 g/mol. The van der Waals surface area contributed by atoms with E-state index < -0.39 is 18.0 Å². The summed E-state index contributed by atoms with van der Waals surface area (Å²) in [5, 5.41) is 11.1. The van der Waals surface area contributed by atoms with Crippen molar-refractivity contribution < 1.29 is 19.4 Å². The van der Waals surface area contributed by atoms with Crippen molar-refractivity contribution in [1.29, 1.82) is 0 Å². The number of carbonyl (C=O) groups is 2. The van der Waals surface area contributed by atoms with Gasteiger partial charge in [-0.25, -0.2) is 4.79 Å². The van der Waals surface area contributed by atoms with Gasteiger partial charge in [-0.05, 0) is 6.07 Å². The van der Waals surface area contributed by atoms with Gasteiger partial charge in [-0.15, -0.1) is 11.3 Å². The number of halogens is 2. The Morgan fingerprint density at radius 3 is 2.65 bits per heavy atom. The molecule has 17 heavy (non-hydrogen) atoms. The van der Waals surface area contributed by atoms with Crippen LogP contribution in [0.25, 0.3) is 0 Å². The summed E-state index contributed by atoms with van der Waals surface area (Å²) in [5.74, 6) is -1.64. The van der Waals surface area contributed by atoms with Gasteiger partial charge in [0.05, 0.1) is 16.4 Å². The van der Waals surface area contributed by atoms with Gasteiger partial charge in [0.2, 0.25) is 0 Å². The van der Waals surface area contributed by atoms with Gasteiger partial charge in [-0.3, -0.25) is 4.79 Å². The van der Waals surface area contributed by atoms with E-state index in [1.165, 1.54) is 13.2 Å². The van der Waals surface area contributed by atoms with Crippen LogP contribution in [0.4, 0.5) is 0 Å². The fraction of sp³-hybridized carbons (Fsp3) is 0.333. The summed E-state index contributed by atoms with van der Waals surface area (Å²) in [5.41, 5.74) is 0.224. The third kappa shape index (κ3) is 3.85. The summed E-state index contributed by atoms with van der Waals surface area (Å²) in [6.45, 7) is -0.144. The summed E-state index contributed by atoms with van der Waals surface area (Å²) in [6.07, 6.45) is -1.09. The second-order valence-electron chi connectivity index (χ2n) is 3.01. The number of hydrogen-bond donors (Lipinski definition) is 2. The van der Waals surface area contributed by atoms with Crippen LogP contribution in [0, 0.1) is 0 Å². The third-order valence-corrected chi connectivity index (χ3v) is 3.40. The van der Waals surface area contributed by atoms with Crippen molar-refractivity contribution in [2.75, 3.05) is 13.7 Å². The highest BCUT2D eigenvalue weighted by molar-refractivity contribution is 7.20. The Balaban J connectivity index is 2.61. The molecule has 0 aliphatic rings. The number of carboxylic acids is 1. The molecule has 5 nitrogen and oxygen atoms in total. The zero-order chi connectivity index (χ0) is 13.0. The molecule has 0 bridgehead atoms. The lowest BCUT2D eigenvalue weighted by molar-refractivity contribution is -0.147. The molecule has 1 rings (SSSR count). The van der Waals surface area contributed by atoms with E-state index >= 15 is 0 Å². The van der Waals surface area contributed by atoms with Crippen molar-refractivity contribution in [3.05, 3.63) is 20.3 Å². The molecule has 1 heterocycles. The predicted octanol–water partition coefficient (Wildman–Crippen LogP) is 1.88. The molecule has 0 fully saturated rings. The van der Waals surface area contributed by atoms with E-state index in [0.717, 1.165) is 11.3 Å². The number of thiophene rings is 1. The van der Waals surface area contributed by atoms with E-state index in [4.69, 9.17) is 28.3 Å². The Kier molecular flexibility index (Phi) is 5.20. The first-order valence-electron chi connectivity index (χ1n) is 4.44. The highest BCUT2D eigenvalue weighted by Crippen LogP contribution is 2.30. The maximum absolute atomic E-state index is 11.6. The van der Waals surface area contributed by atoms with Crippen molar-refractivity contribution >= 4 is 46.4 Å². The minimum atomic E-state index is -1.15. The van der Waals surface area contributed by atoms with Crippen LogP contribution >= 0.6 is 34.5 Å². The van der Waals surface area contributed by atoms with Crippen LogP contribution in [0.2, 0.25) is 8.67 Å². The lowest BCUT2D eigenvalue weighted by Gasteiger charge is -2.10. The molecular formula is C9H9Cl2NO4S. The second kappa shape index (κ2) is 6.20. The Morgan fingerprint density at radius 1 is 1.59 bits per heavy atom. The molecule has 0 aliphatic carbocycles. The number of carboxylic acid groups (broad SMARTS) is 1. The molecule has 0 spiro atoms. The highest BCUT2D eigenvalue weighted by atomic mass is 35.5. The standard InChI is InChI=1S/C9H9Cl2NO4S/c1-16-5(9(14)15)3-12-8(13)4-2-6(10)17-7(4)11/h2,5H,3H2,1H3,(H,12,13)(H,14,15). The van der Waals surface area contributed by atoms with Crippen molar-refractivity contribution in [3.8, 4) is 0 Å². The summed E-state index contributed by atoms with van der Waals surface area (Å²) >= 11 is 12.5. The minimum Gasteiger partial charge on any atom is -0.479 e. The van der Waals surface area contributed by atoms with Crippen LogP contribution in [0.5, 0.6) is 0 Å². The Hall–Kier alpha value is -0.820. The number of hydrogen-bond acceptors (Lipinski definition) is 4. The predicted molar refractivity (Wildman–Crippen MR) is 65.1 cm³/mol. The van der Waals surface area contributed by atoms with Gasteiger partial charge in [0.25, 0.3) is 5.91 Å². The summed E-state index contributed by atoms with van der Waals surface area (Å²) in [7, 11) is 1.25. The Morgan fingerprint density at radius 2 is 2.24 bits per heavy atom. The fourth-order valence-electron chi connectivity index (χ4n) is 1.05. The molecule has 1 amide bonds. The zero-order valence-electron chi connectivity index (χ0n) is 8.70. The maximum Gasteiger partial charge on any atom is 0.334 e. The summed E-state index contributed by atoms with van der Waals surface area (Å²) < 4.78 is 5.31. The maximum atomic E-state index is 11.6. The molecule has 0 saturated heterocycles. The second-order valence-corrected chi connectivity index (χ2v) is 5.30. The molecular weight excluding hydrogens is 289 g/mol. The van der Waals surface area contributed by atoms with Gasteiger partial charge in [0.1, 0.15) is 4.34 Å². The Bertz CT molecular complexity index is 435. The third-order valence-electron chi connectivity index (χ3n) is 1.91. The van der Waals surface area contributed by atoms with Gasteiger partial charge < -0.3 is 15.2 Å². The van der Waals surface area contributed by atoms with E-state index in [1.807, 2.05) is 0 Å². The van der Waals surface area contributed by atoms with Crippen LogP contribution in [0.1, 0.15) is 10.4 Å². The molecule has 0 saturated carbocycles. The minimum absolute atomic E-state index is 0.144. The zero-order valence-corrected chi connectivity index (χ0v) is 11.0. The number of rotatable bonds is 5. The summed E-state index contributed by atoms with van der Waals surface area (Å²) in [4.78, 5) is 22.3. The quantitative estimate of drug-likeness (QED) is 0.870. The van der Waals surface area contributed by atoms with Crippen LogP contribution in [-0.2, 0) is 9.53 Å². The van der Waals surface area contributed by atoms with Gasteiger partial charge in [0, 0.05) is 7.11 Å². The molecule has 1 unspecified atom stereocenters. The Labute approximate surface area is 111 Å². The molecule has 2 N–H and O–H groups in total. The largest absolute Gasteiger partial charge is 0.479 e. The fourth-order valence-corrected chi connectivity index (χ4v) is 2.51. The van der Waals surface area contributed by atoms with E-state index in [1.54, 1.807) is 0 Å². The van der Waals surface area contributed by atoms with Crippen LogP contribution in [-0.4, -0.2) is 36.7 Å². The van der Waals surface area contributed by atoms with E-state index in [2.05, 4.69) is 10.1 Å². The number of nitrogens with one attached hydrogen (secondary N) is 1. The van der Waals surface area contributed by atoms with Gasteiger partial charge in [0.15, 0.2) is 6.10 Å². The first-order valence-corrected chi connectivity index (χ1v) is 6.01. The molecule has 0 aromatic carbocycles. The average molecular weight is 298 g/mol. The number of ether oxygens (including phenoxy) is 1. The number of amides is 1. The average Bonchev–Trinajstić information content (AvgIpc) is 2.58. The SMILES string of the molecule is COC(CNC(=O)c1cc(Cl)sc1Cl)C(=O)O. The smallest absolute Gasteiger partial charge is 0.334 e. The molecule has 1 aromatic rings.